The smallest absolute Gasteiger partial charge is 0.144 e. The summed E-state index contributed by atoms with van der Waals surface area (Å²) in [4.78, 5) is 9.01. The first kappa shape index (κ1) is 11.4. The van der Waals surface area contributed by atoms with Crippen LogP contribution in [0.1, 0.15) is 5.56 Å². The van der Waals surface area contributed by atoms with Crippen molar-refractivity contribution in [2.75, 3.05) is 6.54 Å². The fraction of sp³-hybridized carbons (Fsp3) is 0.231. The van der Waals surface area contributed by atoms with Crippen LogP contribution >= 0.6 is 11.3 Å². The largest absolute Gasteiger partial charge is 0.335 e. The molecule has 0 unspecified atom stereocenters. The van der Waals surface area contributed by atoms with Crippen LogP contribution in [-0.2, 0) is 6.54 Å². The van der Waals surface area contributed by atoms with Crippen molar-refractivity contribution in [3.8, 4) is 10.7 Å². The summed E-state index contributed by atoms with van der Waals surface area (Å²) < 4.78 is 3.19. The molecule has 1 aromatic carbocycles. The van der Waals surface area contributed by atoms with Gasteiger partial charge in [0.05, 0.1) is 16.5 Å². The van der Waals surface area contributed by atoms with Crippen molar-refractivity contribution in [3.63, 3.8) is 0 Å². The molecule has 0 fully saturated rings. The number of aromatic nitrogens is 3. The van der Waals surface area contributed by atoms with E-state index < -0.39 is 0 Å². The van der Waals surface area contributed by atoms with Gasteiger partial charge in [-0.3, -0.25) is 0 Å². The van der Waals surface area contributed by atoms with Crippen molar-refractivity contribution in [3.05, 3.63) is 36.3 Å². The van der Waals surface area contributed by atoms with Crippen molar-refractivity contribution >= 4 is 21.6 Å². The lowest BCUT2D eigenvalue weighted by Gasteiger charge is -1.94. The molecule has 4 nitrogen and oxygen atoms in total. The van der Waals surface area contributed by atoms with Gasteiger partial charge in [0.15, 0.2) is 0 Å². The minimum Gasteiger partial charge on any atom is -0.335 e. The Kier molecular flexibility index (Phi) is 2.85. The molecule has 5 heteroatoms. The number of hydrogen-bond donors (Lipinski definition) is 1. The predicted molar refractivity (Wildman–Crippen MR) is 74.6 cm³/mol. The van der Waals surface area contributed by atoms with Gasteiger partial charge in [-0.1, -0.05) is 6.07 Å². The van der Waals surface area contributed by atoms with Gasteiger partial charge in [-0.15, -0.1) is 11.3 Å². The summed E-state index contributed by atoms with van der Waals surface area (Å²) >= 11 is 1.67. The third kappa shape index (κ3) is 2.02. The van der Waals surface area contributed by atoms with E-state index in [1.807, 2.05) is 10.8 Å². The zero-order valence-electron chi connectivity index (χ0n) is 10.1. The topological polar surface area (TPSA) is 56.7 Å². The van der Waals surface area contributed by atoms with Crippen molar-refractivity contribution in [2.24, 2.45) is 5.73 Å². The number of aryl methyl sites for hydroxylation is 1. The van der Waals surface area contributed by atoms with Gasteiger partial charge in [0.1, 0.15) is 10.7 Å². The Labute approximate surface area is 109 Å². The molecule has 2 N–H and O–H groups in total. The standard InChI is InChI=1S/C13H14N4S/c1-9-2-3-12-10(6-9)16-13(18-12)11-7-17(5-4-14)8-15-11/h2-3,6-8H,4-5,14H2,1H3. The first-order valence-electron chi connectivity index (χ1n) is 5.85. The first-order chi connectivity index (χ1) is 8.76. The molecule has 0 spiro atoms. The number of imidazole rings is 1. The quantitative estimate of drug-likeness (QED) is 0.785. The number of nitrogens with two attached hydrogens (primary N) is 1. The number of thiazole rings is 1. The minimum atomic E-state index is 0.620. The van der Waals surface area contributed by atoms with E-state index in [1.165, 1.54) is 10.3 Å². The lowest BCUT2D eigenvalue weighted by Crippen LogP contribution is -2.07. The Morgan fingerprint density at radius 2 is 2.28 bits per heavy atom. The van der Waals surface area contributed by atoms with Crippen molar-refractivity contribution < 1.29 is 0 Å². The number of fused-ring (bicyclic) bond motifs is 1. The molecule has 0 aliphatic rings. The van der Waals surface area contributed by atoms with Gasteiger partial charge >= 0.3 is 0 Å². The van der Waals surface area contributed by atoms with Crippen molar-refractivity contribution in [1.82, 2.24) is 14.5 Å². The van der Waals surface area contributed by atoms with Crippen LogP contribution < -0.4 is 5.73 Å². The summed E-state index contributed by atoms with van der Waals surface area (Å²) in [5.74, 6) is 0. The molecule has 0 amide bonds. The maximum atomic E-state index is 5.52. The zero-order valence-corrected chi connectivity index (χ0v) is 10.9. The summed E-state index contributed by atoms with van der Waals surface area (Å²) in [7, 11) is 0. The molecule has 3 rings (SSSR count). The molecule has 3 aromatic rings. The normalized spacial score (nSPS) is 11.2. The molecule has 0 aliphatic heterocycles. The van der Waals surface area contributed by atoms with Gasteiger partial charge in [-0.25, -0.2) is 9.97 Å². The molecule has 2 aromatic heterocycles. The zero-order chi connectivity index (χ0) is 12.5. The Hall–Kier alpha value is -1.72. The highest BCUT2D eigenvalue weighted by Gasteiger charge is 2.08. The third-order valence-corrected chi connectivity index (χ3v) is 3.84. The molecule has 2 heterocycles. The van der Waals surface area contributed by atoms with E-state index in [0.717, 1.165) is 22.8 Å². The molecule has 0 atom stereocenters. The molecule has 0 saturated carbocycles. The maximum absolute atomic E-state index is 5.52. The van der Waals surface area contributed by atoms with E-state index in [1.54, 1.807) is 17.7 Å². The Morgan fingerprint density at radius 1 is 1.39 bits per heavy atom. The Bertz CT molecular complexity index is 683. The summed E-state index contributed by atoms with van der Waals surface area (Å²) in [6.07, 6.45) is 3.80. The molecule has 0 bridgehead atoms. The predicted octanol–water partition coefficient (Wildman–Crippen LogP) is 2.43. The van der Waals surface area contributed by atoms with Crippen LogP contribution in [0.15, 0.2) is 30.7 Å². The van der Waals surface area contributed by atoms with Crippen LogP contribution in [-0.4, -0.2) is 21.1 Å². The van der Waals surface area contributed by atoms with E-state index in [-0.39, 0.29) is 0 Å². The highest BCUT2D eigenvalue weighted by atomic mass is 32.1. The molecule has 0 saturated heterocycles. The number of rotatable bonds is 3. The van der Waals surface area contributed by atoms with Crippen LogP contribution in [0.3, 0.4) is 0 Å². The number of nitrogens with zero attached hydrogens (tertiary/aromatic N) is 3. The molecule has 18 heavy (non-hydrogen) atoms. The van der Waals surface area contributed by atoms with Gasteiger partial charge in [-0.2, -0.15) is 0 Å². The van der Waals surface area contributed by atoms with Crippen molar-refractivity contribution in [2.45, 2.75) is 13.5 Å². The molecule has 0 radical (unpaired) electrons. The van der Waals surface area contributed by atoms with Gasteiger partial charge in [0, 0.05) is 19.3 Å². The maximum Gasteiger partial charge on any atom is 0.144 e. The van der Waals surface area contributed by atoms with Crippen LogP contribution in [0.25, 0.3) is 20.9 Å². The van der Waals surface area contributed by atoms with Crippen LogP contribution in [0.2, 0.25) is 0 Å². The second-order valence-corrected chi connectivity index (χ2v) is 5.31. The van der Waals surface area contributed by atoms with Gasteiger partial charge in [0.2, 0.25) is 0 Å². The molecule has 0 aliphatic carbocycles. The fourth-order valence-corrected chi connectivity index (χ4v) is 2.80. The van der Waals surface area contributed by atoms with E-state index in [4.69, 9.17) is 5.73 Å². The number of benzene rings is 1. The first-order valence-corrected chi connectivity index (χ1v) is 6.67. The second-order valence-electron chi connectivity index (χ2n) is 4.28. The fourth-order valence-electron chi connectivity index (χ4n) is 1.89. The van der Waals surface area contributed by atoms with Crippen molar-refractivity contribution in [1.29, 1.82) is 0 Å². The second kappa shape index (κ2) is 4.51. The van der Waals surface area contributed by atoms with Gasteiger partial charge in [-0.05, 0) is 24.6 Å². The van der Waals surface area contributed by atoms with Gasteiger partial charge in [0.25, 0.3) is 0 Å². The summed E-state index contributed by atoms with van der Waals surface area (Å²) in [6, 6.07) is 6.33. The van der Waals surface area contributed by atoms with E-state index in [2.05, 4.69) is 35.1 Å². The van der Waals surface area contributed by atoms with Gasteiger partial charge < -0.3 is 10.3 Å². The monoisotopic (exact) mass is 258 g/mol. The summed E-state index contributed by atoms with van der Waals surface area (Å²) in [5, 5.41) is 0.964. The third-order valence-electron chi connectivity index (χ3n) is 2.78. The minimum absolute atomic E-state index is 0.620. The lowest BCUT2D eigenvalue weighted by molar-refractivity contribution is 0.708. The van der Waals surface area contributed by atoms with E-state index >= 15 is 0 Å². The van der Waals surface area contributed by atoms with Crippen LogP contribution in [0.5, 0.6) is 0 Å². The highest BCUT2D eigenvalue weighted by Crippen LogP contribution is 2.29. The van der Waals surface area contributed by atoms with Crippen LogP contribution in [0, 0.1) is 6.92 Å². The number of hydrogen-bond acceptors (Lipinski definition) is 4. The molecular formula is C13H14N4S. The lowest BCUT2D eigenvalue weighted by atomic mass is 10.2. The van der Waals surface area contributed by atoms with E-state index in [9.17, 15) is 0 Å². The Morgan fingerprint density at radius 3 is 3.11 bits per heavy atom. The highest BCUT2D eigenvalue weighted by molar-refractivity contribution is 7.21. The summed E-state index contributed by atoms with van der Waals surface area (Å²) in [5.41, 5.74) is 8.72. The van der Waals surface area contributed by atoms with Crippen LogP contribution in [0.4, 0.5) is 0 Å². The average molecular weight is 258 g/mol. The van der Waals surface area contributed by atoms with E-state index in [0.29, 0.717) is 6.54 Å². The SMILES string of the molecule is Cc1ccc2sc(-c3cn(CCN)cn3)nc2c1. The molecular weight excluding hydrogens is 244 g/mol. The molecule has 92 valence electrons. The average Bonchev–Trinajstić information content (AvgIpc) is 2.94. The summed E-state index contributed by atoms with van der Waals surface area (Å²) in [6.45, 7) is 3.49. The Balaban J connectivity index is 2.02.